The van der Waals surface area contributed by atoms with Gasteiger partial charge in [-0.05, 0) is 43.7 Å². The van der Waals surface area contributed by atoms with Gasteiger partial charge in [0, 0.05) is 19.8 Å². The number of anilines is 1. The van der Waals surface area contributed by atoms with Crippen LogP contribution in [0.15, 0.2) is 53.6 Å². The van der Waals surface area contributed by atoms with Gasteiger partial charge in [0.15, 0.2) is 0 Å². The Bertz CT molecular complexity index is 707. The zero-order valence-corrected chi connectivity index (χ0v) is 14.5. The monoisotopic (exact) mass is 325 g/mol. The van der Waals surface area contributed by atoms with Crippen LogP contribution in [0.2, 0.25) is 0 Å². The van der Waals surface area contributed by atoms with Crippen molar-refractivity contribution in [1.82, 2.24) is 5.43 Å². The topological polar surface area (TPSA) is 53.9 Å². The molecule has 24 heavy (non-hydrogen) atoms. The highest BCUT2D eigenvalue weighted by Gasteiger charge is 2.12. The van der Waals surface area contributed by atoms with Crippen LogP contribution < -0.4 is 15.1 Å². The number of amides is 1. The van der Waals surface area contributed by atoms with Gasteiger partial charge >= 0.3 is 0 Å². The molecule has 2 rings (SSSR count). The minimum absolute atomic E-state index is 0.00216. The summed E-state index contributed by atoms with van der Waals surface area (Å²) in [6, 6.07) is 15.0. The Kier molecular flexibility index (Phi) is 5.95. The zero-order valence-electron chi connectivity index (χ0n) is 14.5. The fraction of sp³-hybridized carbons (Fsp3) is 0.263. The number of hydrazone groups is 1. The van der Waals surface area contributed by atoms with Crippen LogP contribution in [0.5, 0.6) is 5.75 Å². The Morgan fingerprint density at radius 2 is 1.79 bits per heavy atom. The van der Waals surface area contributed by atoms with E-state index >= 15 is 0 Å². The second-order valence-electron chi connectivity index (χ2n) is 5.85. The molecule has 5 nitrogen and oxygen atoms in total. The van der Waals surface area contributed by atoms with Crippen LogP contribution in [0, 0.1) is 0 Å². The zero-order chi connectivity index (χ0) is 17.5. The summed E-state index contributed by atoms with van der Waals surface area (Å²) >= 11 is 0. The lowest BCUT2D eigenvalue weighted by Gasteiger charge is -2.13. The molecule has 1 amide bonds. The molecule has 0 aliphatic rings. The highest BCUT2D eigenvalue weighted by Crippen LogP contribution is 2.19. The summed E-state index contributed by atoms with van der Waals surface area (Å²) in [5.41, 5.74) is 5.02. The van der Waals surface area contributed by atoms with Gasteiger partial charge in [-0.25, -0.2) is 5.43 Å². The van der Waals surface area contributed by atoms with Crippen molar-refractivity contribution in [2.24, 2.45) is 5.10 Å². The van der Waals surface area contributed by atoms with Crippen molar-refractivity contribution in [3.63, 3.8) is 0 Å². The minimum Gasteiger partial charge on any atom is -0.490 e. The number of benzene rings is 2. The van der Waals surface area contributed by atoms with Crippen molar-refractivity contribution in [2.45, 2.75) is 20.0 Å². The Balaban J connectivity index is 2.02. The van der Waals surface area contributed by atoms with E-state index in [9.17, 15) is 4.79 Å². The summed E-state index contributed by atoms with van der Waals surface area (Å²) in [7, 11) is 3.97. The Morgan fingerprint density at radius 1 is 1.12 bits per heavy atom. The van der Waals surface area contributed by atoms with Gasteiger partial charge < -0.3 is 9.64 Å². The first-order valence-corrected chi connectivity index (χ1v) is 7.84. The van der Waals surface area contributed by atoms with E-state index < -0.39 is 0 Å². The van der Waals surface area contributed by atoms with Gasteiger partial charge in [-0.1, -0.05) is 24.3 Å². The van der Waals surface area contributed by atoms with Gasteiger partial charge in [0.2, 0.25) is 0 Å². The number of hydrogen-bond donors (Lipinski definition) is 1. The molecule has 2 aromatic rings. The van der Waals surface area contributed by atoms with Crippen molar-refractivity contribution < 1.29 is 9.53 Å². The molecule has 0 heterocycles. The standard InChI is InChI=1S/C19H23N3O2/c1-14(2)24-18-8-6-5-7-17(18)19(23)21-20-13-15-9-11-16(12-10-15)22(3)4/h5-14H,1-4H3,(H,21,23). The van der Waals surface area contributed by atoms with Crippen molar-refractivity contribution in [3.05, 3.63) is 59.7 Å². The lowest BCUT2D eigenvalue weighted by molar-refractivity contribution is 0.0949. The molecule has 0 aliphatic carbocycles. The fourth-order valence-corrected chi connectivity index (χ4v) is 2.10. The molecule has 126 valence electrons. The minimum atomic E-state index is -0.299. The number of carbonyl (C=O) groups is 1. The van der Waals surface area contributed by atoms with E-state index in [-0.39, 0.29) is 12.0 Å². The van der Waals surface area contributed by atoms with Crippen LogP contribution in [0.1, 0.15) is 29.8 Å². The molecule has 0 aromatic heterocycles. The van der Waals surface area contributed by atoms with Crippen molar-refractivity contribution in [3.8, 4) is 5.75 Å². The Hall–Kier alpha value is -2.82. The molecule has 5 heteroatoms. The van der Waals surface area contributed by atoms with E-state index in [0.29, 0.717) is 11.3 Å². The number of rotatable bonds is 6. The average Bonchev–Trinajstić information content (AvgIpc) is 2.55. The van der Waals surface area contributed by atoms with Crippen LogP contribution in [0.25, 0.3) is 0 Å². The SMILES string of the molecule is CC(C)Oc1ccccc1C(=O)NN=Cc1ccc(N(C)C)cc1. The van der Waals surface area contributed by atoms with Crippen LogP contribution in [-0.2, 0) is 0 Å². The maximum atomic E-state index is 12.3. The van der Waals surface area contributed by atoms with Crippen molar-refractivity contribution >= 4 is 17.8 Å². The highest BCUT2D eigenvalue weighted by atomic mass is 16.5. The van der Waals surface area contributed by atoms with E-state index in [1.54, 1.807) is 24.4 Å². The first-order chi connectivity index (χ1) is 11.5. The maximum absolute atomic E-state index is 12.3. The molecule has 0 radical (unpaired) electrons. The second kappa shape index (κ2) is 8.15. The first-order valence-electron chi connectivity index (χ1n) is 7.84. The van der Waals surface area contributed by atoms with Gasteiger partial charge in [0.1, 0.15) is 5.75 Å². The third kappa shape index (κ3) is 4.84. The molecule has 0 bridgehead atoms. The molecule has 1 N–H and O–H groups in total. The first kappa shape index (κ1) is 17.5. The molecular formula is C19H23N3O2. The van der Waals surface area contributed by atoms with Gasteiger partial charge in [-0.15, -0.1) is 0 Å². The van der Waals surface area contributed by atoms with Crippen LogP contribution in [0.3, 0.4) is 0 Å². The number of nitrogens with one attached hydrogen (secondary N) is 1. The predicted octanol–water partition coefficient (Wildman–Crippen LogP) is 3.30. The molecule has 0 saturated heterocycles. The number of ether oxygens (including phenoxy) is 1. The van der Waals surface area contributed by atoms with Crippen LogP contribution in [-0.4, -0.2) is 32.3 Å². The van der Waals surface area contributed by atoms with E-state index in [4.69, 9.17) is 4.74 Å². The van der Waals surface area contributed by atoms with Gasteiger partial charge in [-0.2, -0.15) is 5.10 Å². The van der Waals surface area contributed by atoms with Crippen LogP contribution in [0.4, 0.5) is 5.69 Å². The highest BCUT2D eigenvalue weighted by molar-refractivity contribution is 5.97. The number of carbonyl (C=O) groups excluding carboxylic acids is 1. The summed E-state index contributed by atoms with van der Waals surface area (Å²) < 4.78 is 5.65. The Morgan fingerprint density at radius 3 is 2.42 bits per heavy atom. The van der Waals surface area contributed by atoms with E-state index in [1.165, 1.54) is 0 Å². The average molecular weight is 325 g/mol. The molecule has 0 fully saturated rings. The van der Waals surface area contributed by atoms with Gasteiger partial charge in [-0.3, -0.25) is 4.79 Å². The molecular weight excluding hydrogens is 302 g/mol. The normalized spacial score (nSPS) is 10.9. The van der Waals surface area contributed by atoms with Gasteiger partial charge in [0.25, 0.3) is 5.91 Å². The summed E-state index contributed by atoms with van der Waals surface area (Å²) in [5, 5.41) is 4.02. The largest absolute Gasteiger partial charge is 0.490 e. The van der Waals surface area contributed by atoms with E-state index in [2.05, 4.69) is 10.5 Å². The fourth-order valence-electron chi connectivity index (χ4n) is 2.10. The lowest BCUT2D eigenvalue weighted by atomic mass is 10.2. The Labute approximate surface area is 142 Å². The molecule has 0 spiro atoms. The molecule has 2 aromatic carbocycles. The number of nitrogens with zero attached hydrogens (tertiary/aromatic N) is 2. The lowest BCUT2D eigenvalue weighted by Crippen LogP contribution is -2.19. The molecule has 0 unspecified atom stereocenters. The number of hydrogen-bond acceptors (Lipinski definition) is 4. The molecule has 0 atom stereocenters. The van der Waals surface area contributed by atoms with Crippen LogP contribution >= 0.6 is 0 Å². The summed E-state index contributed by atoms with van der Waals surface area (Å²) in [6.45, 7) is 3.84. The third-order valence-corrected chi connectivity index (χ3v) is 3.28. The smallest absolute Gasteiger partial charge is 0.275 e. The molecule has 0 aliphatic heterocycles. The van der Waals surface area contributed by atoms with Gasteiger partial charge in [0.05, 0.1) is 17.9 Å². The maximum Gasteiger partial charge on any atom is 0.275 e. The van der Waals surface area contributed by atoms with E-state index in [1.807, 2.05) is 63.2 Å². The van der Waals surface area contributed by atoms with Crippen molar-refractivity contribution in [1.29, 1.82) is 0 Å². The molecule has 0 saturated carbocycles. The third-order valence-electron chi connectivity index (χ3n) is 3.28. The number of para-hydroxylation sites is 1. The second-order valence-corrected chi connectivity index (χ2v) is 5.85. The van der Waals surface area contributed by atoms with E-state index in [0.717, 1.165) is 11.3 Å². The predicted molar refractivity (Wildman–Crippen MR) is 98.0 cm³/mol. The summed E-state index contributed by atoms with van der Waals surface area (Å²) in [5.74, 6) is 0.253. The summed E-state index contributed by atoms with van der Waals surface area (Å²) in [4.78, 5) is 14.3. The quantitative estimate of drug-likeness (QED) is 0.655. The summed E-state index contributed by atoms with van der Waals surface area (Å²) in [6.07, 6.45) is 1.61. The van der Waals surface area contributed by atoms with Crippen molar-refractivity contribution in [2.75, 3.05) is 19.0 Å².